The van der Waals surface area contributed by atoms with Gasteiger partial charge in [-0.15, -0.1) is 0 Å². The highest BCUT2D eigenvalue weighted by Gasteiger charge is 2.09. The van der Waals surface area contributed by atoms with E-state index in [4.69, 9.17) is 0 Å². The predicted octanol–water partition coefficient (Wildman–Crippen LogP) is 2.23. The van der Waals surface area contributed by atoms with E-state index in [1.54, 1.807) is 24.4 Å². The lowest BCUT2D eigenvalue weighted by Crippen LogP contribution is -2.41. The summed E-state index contributed by atoms with van der Waals surface area (Å²) in [5, 5.41) is 0. The minimum atomic E-state index is -0.431. The molecule has 2 N–H and O–H groups in total. The molecule has 2 rings (SSSR count). The van der Waals surface area contributed by atoms with E-state index in [0.29, 0.717) is 15.6 Å². The molecular weight excluding hydrogens is 322 g/mol. The van der Waals surface area contributed by atoms with Crippen LogP contribution in [0.5, 0.6) is 0 Å². The Morgan fingerprint density at radius 2 is 1.60 bits per heavy atom. The van der Waals surface area contributed by atoms with Crippen LogP contribution < -0.4 is 10.9 Å². The zero-order valence-corrected chi connectivity index (χ0v) is 12.3. The van der Waals surface area contributed by atoms with Crippen LogP contribution in [0.15, 0.2) is 47.2 Å². The topological polar surface area (TPSA) is 71.1 Å². The summed E-state index contributed by atoms with van der Waals surface area (Å²) in [6, 6.07) is 8.65. The molecular formula is C14H12BrN3O2. The Morgan fingerprint density at radius 3 is 2.20 bits per heavy atom. The Bertz CT molecular complexity index is 641. The first-order valence-electron chi connectivity index (χ1n) is 5.84. The van der Waals surface area contributed by atoms with Crippen LogP contribution in [0.2, 0.25) is 0 Å². The van der Waals surface area contributed by atoms with Crippen molar-refractivity contribution in [2.24, 2.45) is 0 Å². The lowest BCUT2D eigenvalue weighted by molar-refractivity contribution is 0.0846. The summed E-state index contributed by atoms with van der Waals surface area (Å²) in [5.74, 6) is -0.805. The summed E-state index contributed by atoms with van der Waals surface area (Å²) >= 11 is 3.22. The number of hydrazine groups is 1. The van der Waals surface area contributed by atoms with Gasteiger partial charge in [-0.05, 0) is 41.1 Å². The molecule has 0 aliphatic rings. The van der Waals surface area contributed by atoms with Crippen LogP contribution in [0.3, 0.4) is 0 Å². The zero-order valence-electron chi connectivity index (χ0n) is 10.7. The SMILES string of the molecule is Cc1ccc(C(=O)NNC(=O)c2cncc(Br)c2)cc1. The molecule has 0 atom stereocenters. The Morgan fingerprint density at radius 1 is 1.00 bits per heavy atom. The van der Waals surface area contributed by atoms with Crippen molar-refractivity contribution in [2.75, 3.05) is 0 Å². The van der Waals surface area contributed by atoms with E-state index in [9.17, 15) is 9.59 Å². The van der Waals surface area contributed by atoms with Crippen LogP contribution >= 0.6 is 15.9 Å². The average Bonchev–Trinajstić information content (AvgIpc) is 2.45. The third-order valence-electron chi connectivity index (χ3n) is 2.57. The van der Waals surface area contributed by atoms with Crippen molar-refractivity contribution in [1.82, 2.24) is 15.8 Å². The fourth-order valence-electron chi connectivity index (χ4n) is 1.50. The van der Waals surface area contributed by atoms with Gasteiger partial charge < -0.3 is 0 Å². The maximum absolute atomic E-state index is 11.8. The molecule has 0 saturated heterocycles. The fourth-order valence-corrected chi connectivity index (χ4v) is 1.86. The number of carbonyl (C=O) groups excluding carboxylic acids is 2. The first kappa shape index (κ1) is 14.2. The molecule has 0 aliphatic heterocycles. The van der Waals surface area contributed by atoms with Crippen molar-refractivity contribution in [3.63, 3.8) is 0 Å². The molecule has 5 nitrogen and oxygen atoms in total. The van der Waals surface area contributed by atoms with Gasteiger partial charge in [0.2, 0.25) is 0 Å². The molecule has 0 radical (unpaired) electrons. The molecule has 1 aromatic heterocycles. The number of aryl methyl sites for hydroxylation is 1. The highest BCUT2D eigenvalue weighted by atomic mass is 79.9. The number of pyridine rings is 1. The summed E-state index contributed by atoms with van der Waals surface area (Å²) in [6.07, 6.45) is 2.99. The molecule has 1 aromatic carbocycles. The van der Waals surface area contributed by atoms with Gasteiger partial charge in [0.1, 0.15) is 0 Å². The van der Waals surface area contributed by atoms with Gasteiger partial charge in [-0.1, -0.05) is 17.7 Å². The van der Waals surface area contributed by atoms with Gasteiger partial charge in [0.05, 0.1) is 5.56 Å². The van der Waals surface area contributed by atoms with Crippen LogP contribution in [-0.2, 0) is 0 Å². The van der Waals surface area contributed by atoms with E-state index < -0.39 is 5.91 Å². The maximum atomic E-state index is 11.8. The zero-order chi connectivity index (χ0) is 14.5. The van der Waals surface area contributed by atoms with Crippen molar-refractivity contribution >= 4 is 27.7 Å². The highest BCUT2D eigenvalue weighted by Crippen LogP contribution is 2.09. The number of aromatic nitrogens is 1. The van der Waals surface area contributed by atoms with Crippen molar-refractivity contribution in [3.05, 3.63) is 63.9 Å². The summed E-state index contributed by atoms with van der Waals surface area (Å²) in [4.78, 5) is 27.5. The monoisotopic (exact) mass is 333 g/mol. The number of halogens is 1. The summed E-state index contributed by atoms with van der Waals surface area (Å²) in [5.41, 5.74) is 6.58. The van der Waals surface area contributed by atoms with Gasteiger partial charge >= 0.3 is 0 Å². The second-order valence-corrected chi connectivity index (χ2v) is 5.08. The standard InChI is InChI=1S/C14H12BrN3O2/c1-9-2-4-10(5-3-9)13(19)17-18-14(20)11-6-12(15)8-16-7-11/h2-8H,1H3,(H,17,19)(H,18,20). The molecule has 0 aliphatic carbocycles. The van der Waals surface area contributed by atoms with Crippen LogP contribution in [-0.4, -0.2) is 16.8 Å². The van der Waals surface area contributed by atoms with Crippen molar-refractivity contribution in [3.8, 4) is 0 Å². The molecule has 0 fully saturated rings. The predicted molar refractivity (Wildman–Crippen MR) is 78.0 cm³/mol. The molecule has 2 amide bonds. The van der Waals surface area contributed by atoms with E-state index >= 15 is 0 Å². The lowest BCUT2D eigenvalue weighted by atomic mass is 10.1. The van der Waals surface area contributed by atoms with Crippen LogP contribution in [0, 0.1) is 6.92 Å². The fraction of sp³-hybridized carbons (Fsp3) is 0.0714. The Labute approximate surface area is 124 Å². The van der Waals surface area contributed by atoms with Gasteiger partial charge in [-0.3, -0.25) is 25.4 Å². The number of amides is 2. The van der Waals surface area contributed by atoms with Gasteiger partial charge in [0.25, 0.3) is 11.8 Å². The van der Waals surface area contributed by atoms with Gasteiger partial charge in [0.15, 0.2) is 0 Å². The molecule has 2 aromatic rings. The minimum absolute atomic E-state index is 0.351. The molecule has 20 heavy (non-hydrogen) atoms. The summed E-state index contributed by atoms with van der Waals surface area (Å²) < 4.78 is 0.690. The number of rotatable bonds is 2. The van der Waals surface area contributed by atoms with Crippen LogP contribution in [0.4, 0.5) is 0 Å². The smallest absolute Gasteiger partial charge is 0.267 e. The quantitative estimate of drug-likeness (QED) is 0.828. The summed E-state index contributed by atoms with van der Waals surface area (Å²) in [6.45, 7) is 1.93. The first-order valence-corrected chi connectivity index (χ1v) is 6.63. The Balaban J connectivity index is 1.96. The van der Waals surface area contributed by atoms with Gasteiger partial charge in [-0.25, -0.2) is 0 Å². The first-order chi connectivity index (χ1) is 9.56. The maximum Gasteiger partial charge on any atom is 0.271 e. The molecule has 1 heterocycles. The number of nitrogens with one attached hydrogen (secondary N) is 2. The largest absolute Gasteiger partial charge is 0.271 e. The third-order valence-corrected chi connectivity index (χ3v) is 3.00. The average molecular weight is 334 g/mol. The number of hydrogen-bond donors (Lipinski definition) is 2. The van der Waals surface area contributed by atoms with Crippen LogP contribution in [0.25, 0.3) is 0 Å². The minimum Gasteiger partial charge on any atom is -0.267 e. The molecule has 102 valence electrons. The number of carbonyl (C=O) groups is 2. The normalized spacial score (nSPS) is 9.90. The lowest BCUT2D eigenvalue weighted by Gasteiger charge is -2.07. The molecule has 0 unspecified atom stereocenters. The highest BCUT2D eigenvalue weighted by molar-refractivity contribution is 9.10. The van der Waals surface area contributed by atoms with E-state index in [0.717, 1.165) is 5.56 Å². The third kappa shape index (κ3) is 3.64. The number of hydrogen-bond acceptors (Lipinski definition) is 3. The van der Waals surface area contributed by atoms with E-state index in [-0.39, 0.29) is 5.91 Å². The second kappa shape index (κ2) is 6.29. The van der Waals surface area contributed by atoms with Gasteiger partial charge in [0, 0.05) is 22.4 Å². The summed E-state index contributed by atoms with van der Waals surface area (Å²) in [7, 11) is 0. The van der Waals surface area contributed by atoms with E-state index in [1.807, 2.05) is 19.1 Å². The van der Waals surface area contributed by atoms with Crippen LogP contribution in [0.1, 0.15) is 26.3 Å². The molecule has 6 heteroatoms. The van der Waals surface area contributed by atoms with Gasteiger partial charge in [-0.2, -0.15) is 0 Å². The van der Waals surface area contributed by atoms with Crippen molar-refractivity contribution in [2.45, 2.75) is 6.92 Å². The van der Waals surface area contributed by atoms with E-state index in [2.05, 4.69) is 31.8 Å². The molecule has 0 bridgehead atoms. The van der Waals surface area contributed by atoms with Crippen molar-refractivity contribution in [1.29, 1.82) is 0 Å². The molecule has 0 spiro atoms. The Hall–Kier alpha value is -2.21. The number of benzene rings is 1. The van der Waals surface area contributed by atoms with E-state index in [1.165, 1.54) is 6.20 Å². The molecule has 0 saturated carbocycles. The number of nitrogens with zero attached hydrogens (tertiary/aromatic N) is 1. The Kier molecular flexibility index (Phi) is 4.47. The van der Waals surface area contributed by atoms with Crippen molar-refractivity contribution < 1.29 is 9.59 Å². The second-order valence-electron chi connectivity index (χ2n) is 4.17.